The molecular weight excluding hydrogens is 536 g/mol. The second-order valence-corrected chi connectivity index (χ2v) is 12.4. The number of hydrogen-bond acceptors (Lipinski definition) is 5. The van der Waals surface area contributed by atoms with Crippen molar-refractivity contribution in [1.29, 1.82) is 0 Å². The minimum Gasteiger partial charge on any atom is -0.494 e. The van der Waals surface area contributed by atoms with Gasteiger partial charge in [0.15, 0.2) is 8.50 Å². The van der Waals surface area contributed by atoms with Gasteiger partial charge in [-0.25, -0.2) is 4.39 Å². The molecule has 0 aliphatic carbocycles. The fraction of sp³-hybridized carbons (Fsp3) is 0.625. The quantitative estimate of drug-likeness (QED) is 0.298. The maximum Gasteiger partial charge on any atom is 0.284 e. The van der Waals surface area contributed by atoms with E-state index in [2.05, 4.69) is 0 Å². The van der Waals surface area contributed by atoms with Crippen LogP contribution in [0.1, 0.15) is 32.3 Å². The molecule has 3 unspecified atom stereocenters. The summed E-state index contributed by atoms with van der Waals surface area (Å²) in [6.07, 6.45) is -2.50. The number of aliphatic hydroxyl groups is 1. The Labute approximate surface area is 199 Å². The zero-order chi connectivity index (χ0) is 22.6. The van der Waals surface area contributed by atoms with Crippen LogP contribution in [-0.4, -0.2) is 39.6 Å². The van der Waals surface area contributed by atoms with Crippen molar-refractivity contribution in [2.75, 3.05) is 6.61 Å². The molecule has 3 atom stereocenters. The molecule has 0 fully saturated rings. The van der Waals surface area contributed by atoms with E-state index in [1.165, 1.54) is 13.0 Å². The van der Waals surface area contributed by atoms with E-state index in [1.54, 1.807) is 6.92 Å². The Kier molecular flexibility index (Phi) is 10.4. The van der Waals surface area contributed by atoms with Crippen molar-refractivity contribution in [1.82, 2.24) is 0 Å². The Balaban J connectivity index is 3.37. The summed E-state index contributed by atoms with van der Waals surface area (Å²) in [5.74, 6) is -0.672. The highest BCUT2D eigenvalue weighted by atomic mass is 35.6. The fourth-order valence-corrected chi connectivity index (χ4v) is 5.22. The topological polar surface area (TPSA) is 72.8 Å². The van der Waals surface area contributed by atoms with Crippen molar-refractivity contribution in [2.45, 2.75) is 51.7 Å². The van der Waals surface area contributed by atoms with Gasteiger partial charge in [-0.3, -0.25) is 4.18 Å². The SMILES string of the molecule is CCOc1cc(F)cc(C(O)(CC(Cl)(Cl)Cl)C(C)OS(=O)(=O)C(Cl)CC(Cl)Cl)c1. The van der Waals surface area contributed by atoms with Crippen molar-refractivity contribution in [3.05, 3.63) is 29.6 Å². The highest BCUT2D eigenvalue weighted by Gasteiger charge is 2.46. The number of halogens is 7. The molecule has 0 heterocycles. The Morgan fingerprint density at radius 2 is 1.76 bits per heavy atom. The molecule has 0 saturated carbocycles. The lowest BCUT2D eigenvalue weighted by Gasteiger charge is -2.36. The average molecular weight is 555 g/mol. The Morgan fingerprint density at radius 3 is 2.24 bits per heavy atom. The minimum absolute atomic E-state index is 0.0858. The van der Waals surface area contributed by atoms with Gasteiger partial charge < -0.3 is 9.84 Å². The van der Waals surface area contributed by atoms with Crippen LogP contribution in [0.3, 0.4) is 0 Å². The molecule has 29 heavy (non-hydrogen) atoms. The second kappa shape index (κ2) is 10.9. The van der Waals surface area contributed by atoms with Gasteiger partial charge in [0.2, 0.25) is 0 Å². The molecule has 0 aromatic heterocycles. The van der Waals surface area contributed by atoms with Crippen LogP contribution in [0.2, 0.25) is 0 Å². The summed E-state index contributed by atoms with van der Waals surface area (Å²) in [6.45, 7) is 3.11. The largest absolute Gasteiger partial charge is 0.494 e. The van der Waals surface area contributed by atoms with Crippen LogP contribution in [0, 0.1) is 5.82 Å². The fourth-order valence-electron chi connectivity index (χ4n) is 2.45. The molecule has 0 amide bonds. The Hall–Kier alpha value is 0.560. The third-order valence-corrected chi connectivity index (χ3v) is 6.75. The lowest BCUT2D eigenvalue weighted by molar-refractivity contribution is -0.0626. The van der Waals surface area contributed by atoms with Crippen LogP contribution in [0.5, 0.6) is 5.75 Å². The molecule has 13 heteroatoms. The molecule has 5 nitrogen and oxygen atoms in total. The number of alkyl halides is 6. The van der Waals surface area contributed by atoms with Crippen LogP contribution in [0.15, 0.2) is 18.2 Å². The number of hydrogen-bond donors (Lipinski definition) is 1. The molecular formula is C16H19Cl6FO5S. The summed E-state index contributed by atoms with van der Waals surface area (Å²) in [4.78, 5) is -1.07. The lowest BCUT2D eigenvalue weighted by atomic mass is 9.86. The van der Waals surface area contributed by atoms with E-state index in [-0.39, 0.29) is 24.3 Å². The molecule has 0 spiro atoms. The Bertz CT molecular complexity index is 788. The number of rotatable bonds is 10. The summed E-state index contributed by atoms with van der Waals surface area (Å²) in [7, 11) is -4.45. The average Bonchev–Trinajstić information content (AvgIpc) is 2.51. The first-order valence-electron chi connectivity index (χ1n) is 8.18. The monoisotopic (exact) mass is 552 g/mol. The van der Waals surface area contributed by atoms with Gasteiger partial charge in [-0.05, 0) is 31.5 Å². The maximum atomic E-state index is 14.1. The summed E-state index contributed by atoms with van der Waals surface area (Å²) in [5.41, 5.74) is -2.36. The molecule has 1 aromatic carbocycles. The standard InChI is InChI=1S/C16H19Cl6FO5S/c1-3-27-12-5-10(4-11(23)6-12)15(24,8-16(20,21)22)9(2)28-29(25,26)14(19)7-13(17)18/h4-6,9,13-14,24H,3,7-8H2,1-2H3. The molecule has 1 rings (SSSR count). The second-order valence-electron chi connectivity index (χ2n) is 6.09. The van der Waals surface area contributed by atoms with Gasteiger partial charge in [0.05, 0.1) is 6.61 Å². The Morgan fingerprint density at radius 1 is 1.17 bits per heavy atom. The predicted octanol–water partition coefficient (Wildman–Crippen LogP) is 5.67. The van der Waals surface area contributed by atoms with Gasteiger partial charge in [-0.2, -0.15) is 8.42 Å². The highest BCUT2D eigenvalue weighted by molar-refractivity contribution is 7.88. The minimum atomic E-state index is -4.45. The zero-order valence-corrected chi connectivity index (χ0v) is 20.6. The summed E-state index contributed by atoms with van der Waals surface area (Å²) in [6, 6.07) is 3.33. The van der Waals surface area contributed by atoms with E-state index in [0.29, 0.717) is 0 Å². The molecule has 0 saturated heterocycles. The van der Waals surface area contributed by atoms with Gasteiger partial charge in [0.25, 0.3) is 10.1 Å². The van der Waals surface area contributed by atoms with Crippen molar-refractivity contribution in [2.24, 2.45) is 0 Å². The zero-order valence-electron chi connectivity index (χ0n) is 15.2. The van der Waals surface area contributed by atoms with Gasteiger partial charge in [0, 0.05) is 18.9 Å². The van der Waals surface area contributed by atoms with Gasteiger partial charge in [0.1, 0.15) is 28.1 Å². The predicted molar refractivity (Wildman–Crippen MR) is 116 cm³/mol. The van der Waals surface area contributed by atoms with Crippen LogP contribution >= 0.6 is 69.6 Å². The molecule has 0 aliphatic rings. The van der Waals surface area contributed by atoms with Gasteiger partial charge in [-0.15, -0.1) is 34.8 Å². The van der Waals surface area contributed by atoms with Crippen molar-refractivity contribution in [3.8, 4) is 5.75 Å². The van der Waals surface area contributed by atoms with Crippen molar-refractivity contribution in [3.63, 3.8) is 0 Å². The third kappa shape index (κ3) is 8.54. The molecule has 0 radical (unpaired) electrons. The molecule has 1 aromatic rings. The summed E-state index contributed by atoms with van der Waals surface area (Å²) in [5, 5.41) is 11.3. The van der Waals surface area contributed by atoms with Crippen LogP contribution < -0.4 is 4.74 Å². The van der Waals surface area contributed by atoms with E-state index in [1.807, 2.05) is 0 Å². The number of benzene rings is 1. The first-order valence-corrected chi connectivity index (χ1v) is 12.1. The third-order valence-electron chi connectivity index (χ3n) is 3.78. The van der Waals surface area contributed by atoms with Crippen molar-refractivity contribution < 1.29 is 26.8 Å². The van der Waals surface area contributed by atoms with E-state index in [9.17, 15) is 17.9 Å². The van der Waals surface area contributed by atoms with Crippen molar-refractivity contribution >= 4 is 79.7 Å². The van der Waals surface area contributed by atoms with Gasteiger partial charge >= 0.3 is 0 Å². The molecule has 168 valence electrons. The normalized spacial score (nSPS) is 17.1. The summed E-state index contributed by atoms with van der Waals surface area (Å²) >= 11 is 34.4. The highest BCUT2D eigenvalue weighted by Crippen LogP contribution is 2.44. The van der Waals surface area contributed by atoms with Crippen LogP contribution in [0.25, 0.3) is 0 Å². The first-order chi connectivity index (χ1) is 13.1. The molecule has 0 bridgehead atoms. The summed E-state index contributed by atoms with van der Waals surface area (Å²) < 4.78 is 45.5. The molecule has 1 N–H and O–H groups in total. The van der Waals surface area contributed by atoms with Gasteiger partial charge in [-0.1, -0.05) is 34.8 Å². The van der Waals surface area contributed by atoms with E-state index in [0.717, 1.165) is 12.1 Å². The van der Waals surface area contributed by atoms with E-state index >= 15 is 0 Å². The lowest BCUT2D eigenvalue weighted by Crippen LogP contribution is -2.44. The van der Waals surface area contributed by atoms with Crippen LogP contribution in [0.4, 0.5) is 4.39 Å². The van der Waals surface area contributed by atoms with E-state index < -0.39 is 47.4 Å². The van der Waals surface area contributed by atoms with E-state index in [4.69, 9.17) is 78.5 Å². The maximum absolute atomic E-state index is 14.1. The van der Waals surface area contributed by atoms with Crippen LogP contribution in [-0.2, 0) is 19.9 Å². The molecule has 0 aliphatic heterocycles. The smallest absolute Gasteiger partial charge is 0.284 e. The number of ether oxygens (including phenoxy) is 1. The first kappa shape index (κ1) is 27.6.